The standard InChI is InChI=1S/C32H35N3O3S/c1-22-19-32(3,4)35(20-22)31-28(15-9-17-33-31)29(36)21-39(37,38)30-16-8-12-25(34-30)18-23(2)26-14-7-11-24-10-5-6-13-27(24)26/h5-17,22-23H,18-21H2,1-4H3. The number of carbonyl (C=O) groups is 1. The van der Waals surface area contributed by atoms with Crippen molar-refractivity contribution in [1.82, 2.24) is 9.97 Å². The summed E-state index contributed by atoms with van der Waals surface area (Å²) in [5, 5.41) is 2.29. The third kappa shape index (κ3) is 5.59. The fourth-order valence-electron chi connectivity index (χ4n) is 5.96. The first kappa shape index (κ1) is 27.0. The number of aromatic nitrogens is 2. The van der Waals surface area contributed by atoms with Crippen LogP contribution < -0.4 is 4.90 Å². The summed E-state index contributed by atoms with van der Waals surface area (Å²) in [7, 11) is -3.95. The number of anilines is 1. The lowest BCUT2D eigenvalue weighted by molar-refractivity contribution is 0.102. The monoisotopic (exact) mass is 541 g/mol. The Balaban J connectivity index is 1.37. The van der Waals surface area contributed by atoms with Crippen molar-refractivity contribution in [2.75, 3.05) is 17.2 Å². The maximum absolute atomic E-state index is 13.4. The van der Waals surface area contributed by atoms with Crippen molar-refractivity contribution in [2.24, 2.45) is 5.92 Å². The molecule has 0 N–H and O–H groups in total. The Kier molecular flexibility index (Phi) is 7.29. The highest BCUT2D eigenvalue weighted by atomic mass is 32.2. The molecule has 7 heteroatoms. The number of carbonyl (C=O) groups excluding carboxylic acids is 1. The van der Waals surface area contributed by atoms with Crippen molar-refractivity contribution >= 4 is 32.2 Å². The molecule has 1 aliphatic rings. The van der Waals surface area contributed by atoms with E-state index >= 15 is 0 Å². The second-order valence-corrected chi connectivity index (χ2v) is 13.4. The van der Waals surface area contributed by atoms with Gasteiger partial charge < -0.3 is 4.90 Å². The lowest BCUT2D eigenvalue weighted by atomic mass is 9.91. The molecule has 1 fully saturated rings. The SMILES string of the molecule is CC1CN(c2ncccc2C(=O)CS(=O)(=O)c2cccc(CC(C)c3cccc4ccccc34)n2)C(C)(C)C1. The molecule has 2 atom stereocenters. The predicted octanol–water partition coefficient (Wildman–Crippen LogP) is 6.26. The summed E-state index contributed by atoms with van der Waals surface area (Å²) >= 11 is 0. The lowest BCUT2D eigenvalue weighted by Crippen LogP contribution is -2.39. The summed E-state index contributed by atoms with van der Waals surface area (Å²) in [5.41, 5.74) is 2.04. The van der Waals surface area contributed by atoms with Crippen molar-refractivity contribution < 1.29 is 13.2 Å². The molecular formula is C32H35N3O3S. The van der Waals surface area contributed by atoms with Gasteiger partial charge in [-0.2, -0.15) is 0 Å². The van der Waals surface area contributed by atoms with E-state index in [2.05, 4.69) is 66.8 Å². The number of hydrogen-bond donors (Lipinski definition) is 0. The maximum atomic E-state index is 13.4. The molecule has 3 heterocycles. The van der Waals surface area contributed by atoms with Gasteiger partial charge in [-0.25, -0.2) is 18.4 Å². The summed E-state index contributed by atoms with van der Waals surface area (Å²) in [6.07, 6.45) is 3.21. The van der Waals surface area contributed by atoms with Crippen LogP contribution in [0.25, 0.3) is 10.8 Å². The van der Waals surface area contributed by atoms with Gasteiger partial charge in [0.25, 0.3) is 0 Å². The van der Waals surface area contributed by atoms with E-state index in [-0.39, 0.29) is 16.5 Å². The zero-order valence-corrected chi connectivity index (χ0v) is 23.8. The van der Waals surface area contributed by atoms with E-state index < -0.39 is 21.4 Å². The largest absolute Gasteiger partial charge is 0.351 e. The van der Waals surface area contributed by atoms with Crippen LogP contribution in [0.4, 0.5) is 5.82 Å². The predicted molar refractivity (Wildman–Crippen MR) is 156 cm³/mol. The number of hydrogen-bond acceptors (Lipinski definition) is 6. The van der Waals surface area contributed by atoms with Crippen LogP contribution >= 0.6 is 0 Å². The van der Waals surface area contributed by atoms with Crippen LogP contribution in [-0.2, 0) is 16.3 Å². The minimum atomic E-state index is -3.95. The van der Waals surface area contributed by atoms with Crippen molar-refractivity contribution in [1.29, 1.82) is 0 Å². The molecule has 5 rings (SSSR count). The van der Waals surface area contributed by atoms with Crippen LogP contribution in [0, 0.1) is 5.92 Å². The van der Waals surface area contributed by atoms with Crippen molar-refractivity contribution in [3.05, 3.63) is 95.8 Å². The van der Waals surface area contributed by atoms with Gasteiger partial charge in [-0.05, 0) is 79.1 Å². The molecule has 2 unspecified atom stereocenters. The van der Waals surface area contributed by atoms with E-state index in [4.69, 9.17) is 0 Å². The molecule has 1 saturated heterocycles. The van der Waals surface area contributed by atoms with E-state index in [0.29, 0.717) is 29.4 Å². The molecular weight excluding hydrogens is 506 g/mol. The molecule has 0 bridgehead atoms. The van der Waals surface area contributed by atoms with Gasteiger partial charge in [0.15, 0.2) is 10.8 Å². The van der Waals surface area contributed by atoms with Gasteiger partial charge in [-0.3, -0.25) is 4.79 Å². The Hall–Kier alpha value is -3.58. The molecule has 202 valence electrons. The van der Waals surface area contributed by atoms with Crippen LogP contribution in [0.15, 0.2) is 84.0 Å². The molecule has 0 spiro atoms. The number of sulfone groups is 1. The fraction of sp³-hybridized carbons (Fsp3) is 0.344. The van der Waals surface area contributed by atoms with E-state index in [0.717, 1.165) is 13.0 Å². The summed E-state index contributed by atoms with van der Waals surface area (Å²) in [5.74, 6) is 0.0249. The Bertz CT molecular complexity index is 1630. The van der Waals surface area contributed by atoms with Crippen LogP contribution in [-0.4, -0.2) is 42.0 Å². The van der Waals surface area contributed by atoms with Crippen LogP contribution in [0.3, 0.4) is 0 Å². The summed E-state index contributed by atoms with van der Waals surface area (Å²) in [4.78, 5) is 24.5. The number of Topliss-reactive ketones (excluding diaryl/α,β-unsaturated/α-hetero) is 1. The molecule has 0 aliphatic carbocycles. The first-order chi connectivity index (χ1) is 18.5. The van der Waals surface area contributed by atoms with Gasteiger partial charge in [-0.15, -0.1) is 0 Å². The molecule has 6 nitrogen and oxygen atoms in total. The molecule has 0 saturated carbocycles. The number of nitrogens with zero attached hydrogens (tertiary/aromatic N) is 3. The Morgan fingerprint density at radius 3 is 2.54 bits per heavy atom. The fourth-order valence-corrected chi connectivity index (χ4v) is 7.15. The van der Waals surface area contributed by atoms with Gasteiger partial charge in [-0.1, -0.05) is 62.4 Å². The summed E-state index contributed by atoms with van der Waals surface area (Å²) in [6.45, 7) is 9.33. The van der Waals surface area contributed by atoms with Crippen LogP contribution in [0.1, 0.15) is 61.6 Å². The topological polar surface area (TPSA) is 80.2 Å². The molecule has 2 aromatic heterocycles. The first-order valence-corrected chi connectivity index (χ1v) is 15.1. The highest BCUT2D eigenvalue weighted by Gasteiger charge is 2.39. The van der Waals surface area contributed by atoms with Crippen LogP contribution in [0.5, 0.6) is 0 Å². The van der Waals surface area contributed by atoms with Gasteiger partial charge in [0.05, 0.1) is 5.56 Å². The molecule has 39 heavy (non-hydrogen) atoms. The normalized spacial score (nSPS) is 17.8. The summed E-state index contributed by atoms with van der Waals surface area (Å²) in [6, 6.07) is 22.9. The second kappa shape index (κ2) is 10.5. The van der Waals surface area contributed by atoms with E-state index in [1.54, 1.807) is 24.4 Å². The number of fused-ring (bicyclic) bond motifs is 1. The zero-order valence-electron chi connectivity index (χ0n) is 23.0. The third-order valence-corrected chi connectivity index (χ3v) is 9.21. The minimum Gasteiger partial charge on any atom is -0.351 e. The highest BCUT2D eigenvalue weighted by molar-refractivity contribution is 7.92. The number of benzene rings is 2. The minimum absolute atomic E-state index is 0.0703. The average Bonchev–Trinajstić information content (AvgIpc) is 3.19. The smallest absolute Gasteiger partial charge is 0.203 e. The van der Waals surface area contributed by atoms with E-state index in [1.807, 2.05) is 24.3 Å². The molecule has 0 radical (unpaired) electrons. The highest BCUT2D eigenvalue weighted by Crippen LogP contribution is 2.37. The third-order valence-electron chi connectivity index (χ3n) is 7.71. The molecule has 1 aliphatic heterocycles. The average molecular weight is 542 g/mol. The van der Waals surface area contributed by atoms with Crippen LogP contribution in [0.2, 0.25) is 0 Å². The Morgan fingerprint density at radius 2 is 1.77 bits per heavy atom. The summed E-state index contributed by atoms with van der Waals surface area (Å²) < 4.78 is 26.8. The number of ketones is 1. The maximum Gasteiger partial charge on any atom is 0.203 e. The Morgan fingerprint density at radius 1 is 1.03 bits per heavy atom. The number of rotatable bonds is 8. The second-order valence-electron chi connectivity index (χ2n) is 11.4. The molecule has 4 aromatic rings. The quantitative estimate of drug-likeness (QED) is 0.245. The Labute approximate surface area is 231 Å². The van der Waals surface area contributed by atoms with E-state index in [1.165, 1.54) is 22.4 Å². The lowest BCUT2D eigenvalue weighted by Gasteiger charge is -2.33. The van der Waals surface area contributed by atoms with Gasteiger partial charge in [0.2, 0.25) is 9.84 Å². The molecule has 0 amide bonds. The van der Waals surface area contributed by atoms with Crippen molar-refractivity contribution in [3.63, 3.8) is 0 Å². The van der Waals surface area contributed by atoms with Crippen molar-refractivity contribution in [2.45, 2.75) is 57.0 Å². The first-order valence-electron chi connectivity index (χ1n) is 13.5. The van der Waals surface area contributed by atoms with E-state index in [9.17, 15) is 13.2 Å². The zero-order chi connectivity index (χ0) is 27.8. The van der Waals surface area contributed by atoms with Gasteiger partial charge in [0.1, 0.15) is 11.6 Å². The van der Waals surface area contributed by atoms with Gasteiger partial charge in [0, 0.05) is 24.0 Å². The van der Waals surface area contributed by atoms with Crippen molar-refractivity contribution in [3.8, 4) is 0 Å². The number of pyridine rings is 2. The molecule has 2 aromatic carbocycles. The van der Waals surface area contributed by atoms with Gasteiger partial charge >= 0.3 is 0 Å².